The fourth-order valence-electron chi connectivity index (χ4n) is 3.12. The highest BCUT2D eigenvalue weighted by atomic mass is 16.5. The van der Waals surface area contributed by atoms with Crippen molar-refractivity contribution in [3.8, 4) is 0 Å². The summed E-state index contributed by atoms with van der Waals surface area (Å²) >= 11 is 0. The minimum absolute atomic E-state index is 0.0147. The van der Waals surface area contributed by atoms with Crippen LogP contribution in [0, 0.1) is 5.92 Å². The van der Waals surface area contributed by atoms with Crippen LogP contribution in [0.4, 0.5) is 0 Å². The second kappa shape index (κ2) is 10.2. The van der Waals surface area contributed by atoms with Gasteiger partial charge in [-0.05, 0) is 43.7 Å². The van der Waals surface area contributed by atoms with E-state index in [-0.39, 0.29) is 12.5 Å². The summed E-state index contributed by atoms with van der Waals surface area (Å²) in [5.41, 5.74) is 1.25. The number of rotatable bonds is 9. The molecule has 1 saturated heterocycles. The van der Waals surface area contributed by atoms with Gasteiger partial charge in [0.2, 0.25) is 5.91 Å². The molecule has 1 aliphatic heterocycles. The highest BCUT2D eigenvalue weighted by Gasteiger charge is 2.24. The van der Waals surface area contributed by atoms with Crippen LogP contribution in [-0.2, 0) is 20.7 Å². The van der Waals surface area contributed by atoms with Crippen molar-refractivity contribution >= 4 is 11.9 Å². The number of hydrogen-bond donors (Lipinski definition) is 1. The first-order valence-corrected chi connectivity index (χ1v) is 8.86. The maximum atomic E-state index is 12.1. The van der Waals surface area contributed by atoms with Crippen LogP contribution in [0.3, 0.4) is 0 Å². The molecule has 138 valence electrons. The number of aromatic carboxylic acids is 1. The number of amides is 1. The van der Waals surface area contributed by atoms with Gasteiger partial charge in [0.05, 0.1) is 18.8 Å². The number of nitrogens with zero attached hydrogens (tertiary/aromatic N) is 1. The van der Waals surface area contributed by atoms with E-state index in [1.807, 2.05) is 24.0 Å². The molecule has 0 aromatic heterocycles. The monoisotopic (exact) mass is 349 g/mol. The Morgan fingerprint density at radius 2 is 1.84 bits per heavy atom. The summed E-state index contributed by atoms with van der Waals surface area (Å²) in [6.45, 7) is 5.01. The molecule has 0 spiro atoms. The van der Waals surface area contributed by atoms with Gasteiger partial charge in [-0.1, -0.05) is 18.2 Å². The first kappa shape index (κ1) is 19.4. The van der Waals surface area contributed by atoms with Crippen molar-refractivity contribution in [3.63, 3.8) is 0 Å². The van der Waals surface area contributed by atoms with Crippen molar-refractivity contribution in [1.29, 1.82) is 0 Å². The molecule has 6 nitrogen and oxygen atoms in total. The predicted octanol–water partition coefficient (Wildman–Crippen LogP) is 2.22. The Labute approximate surface area is 148 Å². The van der Waals surface area contributed by atoms with Crippen LogP contribution in [0.15, 0.2) is 24.3 Å². The van der Waals surface area contributed by atoms with Crippen molar-refractivity contribution in [2.24, 2.45) is 5.92 Å². The number of carboxylic acids is 1. The Morgan fingerprint density at radius 3 is 2.52 bits per heavy atom. The molecule has 1 amide bonds. The molecule has 1 N–H and O–H groups in total. The van der Waals surface area contributed by atoms with Crippen LogP contribution >= 0.6 is 0 Å². The summed E-state index contributed by atoms with van der Waals surface area (Å²) in [5.74, 6) is -0.461. The summed E-state index contributed by atoms with van der Waals surface area (Å²) in [4.78, 5) is 25.3. The molecular weight excluding hydrogens is 322 g/mol. The minimum Gasteiger partial charge on any atom is -0.478 e. The van der Waals surface area contributed by atoms with Crippen LogP contribution in [0.2, 0.25) is 0 Å². The Morgan fingerprint density at radius 1 is 1.16 bits per heavy atom. The summed E-state index contributed by atoms with van der Waals surface area (Å²) in [5, 5.41) is 9.27. The molecule has 0 radical (unpaired) electrons. The van der Waals surface area contributed by atoms with Crippen molar-refractivity contribution in [2.75, 3.05) is 39.5 Å². The molecule has 0 bridgehead atoms. The molecule has 25 heavy (non-hydrogen) atoms. The Balaban J connectivity index is 1.74. The number of hydrogen-bond acceptors (Lipinski definition) is 4. The van der Waals surface area contributed by atoms with E-state index in [0.29, 0.717) is 44.4 Å². The predicted molar refractivity (Wildman–Crippen MR) is 93.7 cm³/mol. The first-order valence-electron chi connectivity index (χ1n) is 8.86. The Hall–Kier alpha value is -1.92. The second-order valence-electron chi connectivity index (χ2n) is 6.24. The number of ether oxygens (including phenoxy) is 2. The third-order valence-corrected chi connectivity index (χ3v) is 4.53. The Bertz CT molecular complexity index is 567. The van der Waals surface area contributed by atoms with Crippen LogP contribution in [0.1, 0.15) is 35.7 Å². The molecule has 0 aliphatic carbocycles. The highest BCUT2D eigenvalue weighted by molar-refractivity contribution is 5.89. The van der Waals surface area contributed by atoms with E-state index in [2.05, 4.69) is 0 Å². The van der Waals surface area contributed by atoms with Gasteiger partial charge in [0.25, 0.3) is 0 Å². The number of piperidine rings is 1. The molecule has 0 unspecified atom stereocenters. The maximum Gasteiger partial charge on any atom is 0.335 e. The van der Waals surface area contributed by atoms with E-state index in [1.54, 1.807) is 12.1 Å². The summed E-state index contributed by atoms with van der Waals surface area (Å²) < 4.78 is 10.5. The first-order chi connectivity index (χ1) is 12.1. The lowest BCUT2D eigenvalue weighted by atomic mass is 9.88. The normalized spacial score (nSPS) is 15.3. The zero-order valence-corrected chi connectivity index (χ0v) is 14.8. The van der Waals surface area contributed by atoms with Crippen molar-refractivity contribution in [1.82, 2.24) is 4.90 Å². The van der Waals surface area contributed by atoms with Crippen LogP contribution < -0.4 is 0 Å². The van der Waals surface area contributed by atoms with Gasteiger partial charge in [-0.3, -0.25) is 4.79 Å². The zero-order chi connectivity index (χ0) is 18.1. The molecule has 6 heteroatoms. The summed E-state index contributed by atoms with van der Waals surface area (Å²) in [7, 11) is 0. The lowest BCUT2D eigenvalue weighted by Crippen LogP contribution is -2.41. The minimum atomic E-state index is -0.882. The van der Waals surface area contributed by atoms with Crippen LogP contribution in [0.25, 0.3) is 0 Å². The van der Waals surface area contributed by atoms with Crippen molar-refractivity contribution in [3.05, 3.63) is 35.4 Å². The smallest absolute Gasteiger partial charge is 0.335 e. The van der Waals surface area contributed by atoms with Gasteiger partial charge in [-0.25, -0.2) is 4.79 Å². The molecule has 1 aromatic rings. The van der Waals surface area contributed by atoms with E-state index in [0.717, 1.165) is 24.8 Å². The van der Waals surface area contributed by atoms with E-state index in [1.165, 1.54) is 0 Å². The number of carboxylic acid groups (broad SMARTS) is 1. The molecule has 1 fully saturated rings. The Kier molecular flexibility index (Phi) is 7.88. The zero-order valence-electron chi connectivity index (χ0n) is 14.8. The average Bonchev–Trinajstić information content (AvgIpc) is 2.62. The van der Waals surface area contributed by atoms with Crippen molar-refractivity contribution in [2.45, 2.75) is 26.2 Å². The fourth-order valence-corrected chi connectivity index (χ4v) is 3.12. The second-order valence-corrected chi connectivity index (χ2v) is 6.24. The van der Waals surface area contributed by atoms with Gasteiger partial charge in [-0.2, -0.15) is 0 Å². The lowest BCUT2D eigenvalue weighted by Gasteiger charge is -2.32. The summed E-state index contributed by atoms with van der Waals surface area (Å²) in [6.07, 6.45) is 2.52. The largest absolute Gasteiger partial charge is 0.478 e. The lowest BCUT2D eigenvalue weighted by molar-refractivity contribution is -0.138. The molecule has 1 heterocycles. The molecule has 1 aliphatic rings. The molecular formula is C19H27NO5. The van der Waals surface area contributed by atoms with Gasteiger partial charge in [0.15, 0.2) is 0 Å². The van der Waals surface area contributed by atoms with E-state index < -0.39 is 5.97 Å². The quantitative estimate of drug-likeness (QED) is 0.692. The van der Waals surface area contributed by atoms with Crippen molar-refractivity contribution < 1.29 is 24.2 Å². The van der Waals surface area contributed by atoms with Crippen LogP contribution in [-0.4, -0.2) is 61.4 Å². The van der Waals surface area contributed by atoms with Gasteiger partial charge >= 0.3 is 5.97 Å². The number of carbonyl (C=O) groups is 2. The molecule has 0 saturated carbocycles. The topological polar surface area (TPSA) is 76.1 Å². The standard InChI is InChI=1S/C19H27NO5/c1-2-24-11-12-25-14-18(21)20-9-7-15(8-10-20)13-16-5-3-4-6-17(16)19(22)23/h3-6,15H,2,7-14H2,1H3,(H,22,23). The number of likely N-dealkylation sites (tertiary alicyclic amines) is 1. The molecule has 1 aromatic carbocycles. The highest BCUT2D eigenvalue weighted by Crippen LogP contribution is 2.23. The molecule has 2 rings (SSSR count). The van der Waals surface area contributed by atoms with E-state index in [9.17, 15) is 14.7 Å². The molecule has 0 atom stereocenters. The third-order valence-electron chi connectivity index (χ3n) is 4.53. The number of carbonyl (C=O) groups excluding carboxylic acids is 1. The van der Waals surface area contributed by atoms with Gasteiger partial charge < -0.3 is 19.5 Å². The number of benzene rings is 1. The van der Waals surface area contributed by atoms with E-state index >= 15 is 0 Å². The van der Waals surface area contributed by atoms with Gasteiger partial charge in [0.1, 0.15) is 6.61 Å². The third kappa shape index (κ3) is 6.14. The van der Waals surface area contributed by atoms with Gasteiger partial charge in [0, 0.05) is 19.7 Å². The SMILES string of the molecule is CCOCCOCC(=O)N1CCC(Cc2ccccc2C(=O)O)CC1. The van der Waals surface area contributed by atoms with Gasteiger partial charge in [-0.15, -0.1) is 0 Å². The average molecular weight is 349 g/mol. The van der Waals surface area contributed by atoms with E-state index in [4.69, 9.17) is 9.47 Å². The maximum absolute atomic E-state index is 12.1. The summed E-state index contributed by atoms with van der Waals surface area (Å²) in [6, 6.07) is 7.16. The fraction of sp³-hybridized carbons (Fsp3) is 0.579. The van der Waals surface area contributed by atoms with Crippen LogP contribution in [0.5, 0.6) is 0 Å².